The molecule has 0 saturated heterocycles. The number of hydrogen-bond donors (Lipinski definition) is 0. The topological polar surface area (TPSA) is 82.6 Å². The van der Waals surface area contributed by atoms with Gasteiger partial charge in [0.15, 0.2) is 0 Å². The van der Waals surface area contributed by atoms with Crippen molar-refractivity contribution in [2.45, 2.75) is 58.7 Å². The highest BCUT2D eigenvalue weighted by atomic mass is 19.3. The van der Waals surface area contributed by atoms with E-state index in [0.29, 0.717) is 38.2 Å². The second-order valence-corrected chi connectivity index (χ2v) is 8.79. The minimum absolute atomic E-state index is 0.0357. The maximum atomic E-state index is 12.6. The van der Waals surface area contributed by atoms with Crippen LogP contribution in [0.2, 0.25) is 0 Å². The first-order valence-corrected chi connectivity index (χ1v) is 10.1. The molecule has 1 amide bonds. The minimum atomic E-state index is -2.49. The van der Waals surface area contributed by atoms with Gasteiger partial charge in [-0.3, -0.25) is 4.68 Å². The molecule has 2 aliphatic rings. The lowest BCUT2D eigenvalue weighted by molar-refractivity contribution is 0.00163. The SMILES string of the molecule is CC(C)(C)OC(=O)N1CCc2nn3c(c2C1)-c1nocc1C[C@H](COCC(F)F)C3. The molecule has 4 rings (SSSR count). The van der Waals surface area contributed by atoms with Crippen molar-refractivity contribution in [2.24, 2.45) is 5.92 Å². The molecule has 2 aromatic rings. The summed E-state index contributed by atoms with van der Waals surface area (Å²) in [6.07, 6.45) is -0.0720. The van der Waals surface area contributed by atoms with Gasteiger partial charge in [0.05, 0.1) is 24.5 Å². The van der Waals surface area contributed by atoms with Gasteiger partial charge in [0.2, 0.25) is 0 Å². The molecule has 0 aromatic carbocycles. The van der Waals surface area contributed by atoms with Crippen LogP contribution in [-0.4, -0.2) is 57.7 Å². The van der Waals surface area contributed by atoms with Gasteiger partial charge in [0.25, 0.3) is 6.43 Å². The molecule has 10 heteroatoms. The van der Waals surface area contributed by atoms with Gasteiger partial charge >= 0.3 is 6.09 Å². The summed E-state index contributed by atoms with van der Waals surface area (Å²) in [5, 5.41) is 8.92. The summed E-state index contributed by atoms with van der Waals surface area (Å²) in [6.45, 7) is 6.54. The van der Waals surface area contributed by atoms with Crippen molar-refractivity contribution in [1.82, 2.24) is 19.8 Å². The molecule has 0 N–H and O–H groups in total. The Labute approximate surface area is 173 Å². The van der Waals surface area contributed by atoms with E-state index in [0.717, 1.165) is 22.5 Å². The van der Waals surface area contributed by atoms with Crippen LogP contribution in [0.5, 0.6) is 0 Å². The maximum Gasteiger partial charge on any atom is 0.410 e. The van der Waals surface area contributed by atoms with Gasteiger partial charge in [-0.1, -0.05) is 5.16 Å². The number of ether oxygens (including phenoxy) is 2. The van der Waals surface area contributed by atoms with Gasteiger partial charge in [-0.05, 0) is 27.2 Å². The zero-order chi connectivity index (χ0) is 21.5. The zero-order valence-electron chi connectivity index (χ0n) is 17.4. The summed E-state index contributed by atoms with van der Waals surface area (Å²) in [4.78, 5) is 14.2. The molecule has 0 bridgehead atoms. The summed E-state index contributed by atoms with van der Waals surface area (Å²) < 4.78 is 42.7. The van der Waals surface area contributed by atoms with Crippen molar-refractivity contribution in [3.8, 4) is 11.4 Å². The van der Waals surface area contributed by atoms with E-state index in [1.54, 1.807) is 11.2 Å². The Morgan fingerprint density at radius 3 is 2.93 bits per heavy atom. The van der Waals surface area contributed by atoms with Crippen LogP contribution in [0.1, 0.15) is 37.6 Å². The van der Waals surface area contributed by atoms with E-state index in [1.807, 2.05) is 25.5 Å². The normalized spacial score (nSPS) is 18.6. The number of carbonyl (C=O) groups is 1. The minimum Gasteiger partial charge on any atom is -0.444 e. The van der Waals surface area contributed by atoms with E-state index in [9.17, 15) is 13.6 Å². The summed E-state index contributed by atoms with van der Waals surface area (Å²) >= 11 is 0. The van der Waals surface area contributed by atoms with E-state index in [4.69, 9.17) is 19.1 Å². The molecule has 0 spiro atoms. The standard InChI is InChI=1S/C20H26F2N4O4/c1-20(2,3)30-19(27)25-5-4-15-14(8-25)18-17-13(10-29-24-17)6-12(7-26(18)23-15)9-28-11-16(21)22/h10,12,16H,4-9,11H2,1-3H3/t12-/m0/s1. The van der Waals surface area contributed by atoms with Gasteiger partial charge in [-0.2, -0.15) is 5.10 Å². The molecule has 1 atom stereocenters. The van der Waals surface area contributed by atoms with E-state index in [2.05, 4.69) is 5.16 Å². The third-order valence-corrected chi connectivity index (χ3v) is 5.16. The van der Waals surface area contributed by atoms with Crippen LogP contribution in [0, 0.1) is 5.92 Å². The fourth-order valence-corrected chi connectivity index (χ4v) is 3.96. The van der Waals surface area contributed by atoms with Crippen LogP contribution in [-0.2, 0) is 35.4 Å². The molecule has 4 heterocycles. The Morgan fingerprint density at radius 2 is 2.20 bits per heavy atom. The van der Waals surface area contributed by atoms with Crippen LogP contribution < -0.4 is 0 Å². The van der Waals surface area contributed by atoms with Crippen molar-refractivity contribution in [2.75, 3.05) is 19.8 Å². The fourth-order valence-electron chi connectivity index (χ4n) is 3.96. The first-order chi connectivity index (χ1) is 14.2. The number of alkyl halides is 2. The lowest BCUT2D eigenvalue weighted by atomic mass is 9.99. The monoisotopic (exact) mass is 424 g/mol. The average molecular weight is 424 g/mol. The second-order valence-electron chi connectivity index (χ2n) is 8.79. The van der Waals surface area contributed by atoms with Crippen LogP contribution in [0.3, 0.4) is 0 Å². The highest BCUT2D eigenvalue weighted by molar-refractivity contribution is 5.71. The fraction of sp³-hybridized carbons (Fsp3) is 0.650. The molecular formula is C20H26F2N4O4. The van der Waals surface area contributed by atoms with Crippen LogP contribution in [0.15, 0.2) is 10.8 Å². The summed E-state index contributed by atoms with van der Waals surface area (Å²) in [5.74, 6) is -0.0357. The Kier molecular flexibility index (Phi) is 5.52. The number of carbonyl (C=O) groups excluding carboxylic acids is 1. The maximum absolute atomic E-state index is 12.6. The molecule has 8 nitrogen and oxygen atoms in total. The Bertz CT molecular complexity index is 919. The molecule has 2 aliphatic heterocycles. The zero-order valence-corrected chi connectivity index (χ0v) is 17.4. The third kappa shape index (κ3) is 4.33. The first-order valence-electron chi connectivity index (χ1n) is 10.1. The summed E-state index contributed by atoms with van der Waals surface area (Å²) in [6, 6.07) is 0. The van der Waals surface area contributed by atoms with Crippen molar-refractivity contribution < 1.29 is 27.6 Å². The van der Waals surface area contributed by atoms with Gasteiger partial charge in [0.1, 0.15) is 24.2 Å². The molecular weight excluding hydrogens is 398 g/mol. The average Bonchev–Trinajstić information content (AvgIpc) is 3.19. The van der Waals surface area contributed by atoms with E-state index in [1.165, 1.54) is 0 Å². The predicted octanol–water partition coefficient (Wildman–Crippen LogP) is 3.29. The van der Waals surface area contributed by atoms with Gasteiger partial charge in [-0.25, -0.2) is 13.6 Å². The second kappa shape index (κ2) is 7.98. The van der Waals surface area contributed by atoms with Gasteiger partial charge in [0, 0.05) is 36.6 Å². The third-order valence-electron chi connectivity index (χ3n) is 5.16. The lowest BCUT2D eigenvalue weighted by Gasteiger charge is -2.29. The molecule has 2 aromatic heterocycles. The number of fused-ring (bicyclic) bond motifs is 5. The van der Waals surface area contributed by atoms with Crippen molar-refractivity contribution in [3.05, 3.63) is 23.1 Å². The molecule has 30 heavy (non-hydrogen) atoms. The molecule has 0 radical (unpaired) electrons. The van der Waals surface area contributed by atoms with Crippen LogP contribution in [0.4, 0.5) is 13.6 Å². The summed E-state index contributed by atoms with van der Waals surface area (Å²) in [5.41, 5.74) is 3.66. The Balaban J connectivity index is 1.60. The van der Waals surface area contributed by atoms with Crippen LogP contribution >= 0.6 is 0 Å². The quantitative estimate of drug-likeness (QED) is 0.749. The largest absolute Gasteiger partial charge is 0.444 e. The van der Waals surface area contributed by atoms with E-state index in [-0.39, 0.29) is 18.6 Å². The number of rotatable bonds is 4. The van der Waals surface area contributed by atoms with Crippen molar-refractivity contribution in [3.63, 3.8) is 0 Å². The first kappa shape index (κ1) is 20.8. The molecule has 0 fully saturated rings. The Hall–Kier alpha value is -2.49. The van der Waals surface area contributed by atoms with Gasteiger partial charge < -0.3 is 18.9 Å². The summed E-state index contributed by atoms with van der Waals surface area (Å²) in [7, 11) is 0. The van der Waals surface area contributed by atoms with E-state index >= 15 is 0 Å². The molecule has 0 saturated carbocycles. The highest BCUT2D eigenvalue weighted by Crippen LogP contribution is 2.36. The molecule has 0 aliphatic carbocycles. The van der Waals surface area contributed by atoms with Gasteiger partial charge in [-0.15, -0.1) is 0 Å². The Morgan fingerprint density at radius 1 is 1.40 bits per heavy atom. The lowest BCUT2D eigenvalue weighted by Crippen LogP contribution is -2.39. The van der Waals surface area contributed by atoms with E-state index < -0.39 is 18.6 Å². The number of hydrogen-bond acceptors (Lipinski definition) is 6. The number of nitrogens with zero attached hydrogens (tertiary/aromatic N) is 4. The number of halogens is 2. The van der Waals surface area contributed by atoms with Crippen molar-refractivity contribution in [1.29, 1.82) is 0 Å². The van der Waals surface area contributed by atoms with Crippen molar-refractivity contribution >= 4 is 6.09 Å². The smallest absolute Gasteiger partial charge is 0.410 e. The molecule has 164 valence electrons. The number of aromatic nitrogens is 3. The number of amides is 1. The molecule has 0 unspecified atom stereocenters. The predicted molar refractivity (Wildman–Crippen MR) is 102 cm³/mol. The highest BCUT2D eigenvalue weighted by Gasteiger charge is 2.34. The van der Waals surface area contributed by atoms with Crippen LogP contribution in [0.25, 0.3) is 11.4 Å².